The normalized spacial score (nSPS) is 11.3. The fourth-order valence-corrected chi connectivity index (χ4v) is 2.64. The topological polar surface area (TPSA) is 18.5 Å². The average Bonchev–Trinajstić information content (AvgIpc) is 2.62. The Kier molecular flexibility index (Phi) is 5.35. The summed E-state index contributed by atoms with van der Waals surface area (Å²) in [5.41, 5.74) is 3.47. The molecule has 3 aromatic carbocycles. The van der Waals surface area contributed by atoms with Crippen LogP contribution in [0.1, 0.15) is 11.1 Å². The molecule has 0 aliphatic heterocycles. The van der Waals surface area contributed by atoms with Crippen molar-refractivity contribution in [3.05, 3.63) is 83.7 Å². The number of hydrogen-bond donors (Lipinski definition) is 0. The number of alkyl halides is 3. The van der Waals surface area contributed by atoms with Crippen LogP contribution in [0.2, 0.25) is 0 Å². The van der Waals surface area contributed by atoms with Crippen molar-refractivity contribution >= 4 is 0 Å². The van der Waals surface area contributed by atoms with Gasteiger partial charge >= 0.3 is 6.36 Å². The van der Waals surface area contributed by atoms with Crippen LogP contribution in [0.5, 0.6) is 11.5 Å². The minimum atomic E-state index is -4.72. The summed E-state index contributed by atoms with van der Waals surface area (Å²) in [5.74, 6) is -0.200. The van der Waals surface area contributed by atoms with Gasteiger partial charge in [0, 0.05) is 0 Å². The SMILES string of the molecule is Cc1ccc(F)cc1-c1cccc(COc2ccc(OC(F)(F)F)cc2)c1. The predicted octanol–water partition coefficient (Wildman–Crippen LogP) is 6.28. The lowest BCUT2D eigenvalue weighted by Crippen LogP contribution is -2.16. The Balaban J connectivity index is 1.69. The molecule has 0 aliphatic rings. The van der Waals surface area contributed by atoms with E-state index in [1.165, 1.54) is 36.4 Å². The summed E-state index contributed by atoms with van der Waals surface area (Å²) in [5, 5.41) is 0. The van der Waals surface area contributed by atoms with E-state index in [9.17, 15) is 17.6 Å². The number of halogens is 4. The molecular weight excluding hydrogens is 360 g/mol. The highest BCUT2D eigenvalue weighted by Gasteiger charge is 2.30. The molecule has 2 nitrogen and oxygen atoms in total. The Morgan fingerprint density at radius 1 is 0.852 bits per heavy atom. The maximum Gasteiger partial charge on any atom is 0.573 e. The smallest absolute Gasteiger partial charge is 0.489 e. The summed E-state index contributed by atoms with van der Waals surface area (Å²) in [4.78, 5) is 0. The van der Waals surface area contributed by atoms with E-state index in [0.29, 0.717) is 5.75 Å². The van der Waals surface area contributed by atoms with Gasteiger partial charge in [-0.15, -0.1) is 13.2 Å². The summed E-state index contributed by atoms with van der Waals surface area (Å²) in [7, 11) is 0. The van der Waals surface area contributed by atoms with Crippen LogP contribution < -0.4 is 9.47 Å². The summed E-state index contributed by atoms with van der Waals surface area (Å²) in [6.45, 7) is 2.13. The van der Waals surface area contributed by atoms with Crippen LogP contribution in [0, 0.1) is 12.7 Å². The van der Waals surface area contributed by atoms with Gasteiger partial charge in [-0.05, 0) is 71.6 Å². The Bertz CT molecular complexity index is 918. The molecule has 0 fully saturated rings. The van der Waals surface area contributed by atoms with Gasteiger partial charge < -0.3 is 9.47 Å². The highest BCUT2D eigenvalue weighted by atomic mass is 19.4. The average molecular weight is 376 g/mol. The largest absolute Gasteiger partial charge is 0.573 e. The van der Waals surface area contributed by atoms with E-state index < -0.39 is 6.36 Å². The van der Waals surface area contributed by atoms with Crippen LogP contribution in [-0.2, 0) is 6.61 Å². The molecule has 3 rings (SSSR count). The maximum absolute atomic E-state index is 13.5. The third-order valence-corrected chi connectivity index (χ3v) is 3.90. The van der Waals surface area contributed by atoms with Crippen molar-refractivity contribution in [1.29, 1.82) is 0 Å². The highest BCUT2D eigenvalue weighted by Crippen LogP contribution is 2.27. The standard InChI is InChI=1S/C21H16F4O2/c1-14-5-6-17(22)12-20(14)16-4-2-3-15(11-16)13-26-18-7-9-19(10-8-18)27-21(23,24)25/h2-12H,13H2,1H3. The van der Waals surface area contributed by atoms with E-state index in [1.54, 1.807) is 6.07 Å². The number of ether oxygens (including phenoxy) is 2. The Morgan fingerprint density at radius 2 is 1.56 bits per heavy atom. The van der Waals surface area contributed by atoms with Crippen molar-refractivity contribution < 1.29 is 27.0 Å². The van der Waals surface area contributed by atoms with E-state index in [2.05, 4.69) is 4.74 Å². The molecule has 6 heteroatoms. The first kappa shape index (κ1) is 18.8. The second kappa shape index (κ2) is 7.70. The van der Waals surface area contributed by atoms with Gasteiger partial charge in [-0.2, -0.15) is 0 Å². The fraction of sp³-hybridized carbons (Fsp3) is 0.143. The molecule has 0 bridgehead atoms. The zero-order chi connectivity index (χ0) is 19.4. The maximum atomic E-state index is 13.5. The second-order valence-corrected chi connectivity index (χ2v) is 5.97. The zero-order valence-corrected chi connectivity index (χ0v) is 14.4. The van der Waals surface area contributed by atoms with Crippen molar-refractivity contribution in [3.8, 4) is 22.6 Å². The van der Waals surface area contributed by atoms with Gasteiger partial charge in [0.05, 0.1) is 0 Å². The molecule has 0 radical (unpaired) electrons. The number of hydrogen-bond acceptors (Lipinski definition) is 2. The molecule has 0 aromatic heterocycles. The molecule has 0 spiro atoms. The molecule has 0 heterocycles. The van der Waals surface area contributed by atoms with Gasteiger partial charge in [-0.1, -0.05) is 24.3 Å². The lowest BCUT2D eigenvalue weighted by Gasteiger charge is -2.11. The van der Waals surface area contributed by atoms with Gasteiger partial charge in [0.15, 0.2) is 0 Å². The van der Waals surface area contributed by atoms with Crippen molar-refractivity contribution in [2.45, 2.75) is 19.9 Å². The molecule has 0 saturated heterocycles. The first-order chi connectivity index (χ1) is 12.8. The van der Waals surface area contributed by atoms with Gasteiger partial charge in [0.2, 0.25) is 0 Å². The minimum absolute atomic E-state index is 0.224. The van der Waals surface area contributed by atoms with Crippen molar-refractivity contribution in [1.82, 2.24) is 0 Å². The number of benzene rings is 3. The summed E-state index contributed by atoms with van der Waals surface area (Å²) in [6, 6.07) is 17.3. The highest BCUT2D eigenvalue weighted by molar-refractivity contribution is 5.67. The molecule has 0 unspecified atom stereocenters. The monoisotopic (exact) mass is 376 g/mol. The molecule has 0 aliphatic carbocycles. The third-order valence-electron chi connectivity index (χ3n) is 3.90. The van der Waals surface area contributed by atoms with Gasteiger partial charge in [0.1, 0.15) is 23.9 Å². The van der Waals surface area contributed by atoms with Crippen LogP contribution in [0.3, 0.4) is 0 Å². The number of aryl methyl sites for hydroxylation is 1. The summed E-state index contributed by atoms with van der Waals surface area (Å²) < 4.78 is 59.5. The first-order valence-electron chi connectivity index (χ1n) is 8.14. The van der Waals surface area contributed by atoms with Crippen molar-refractivity contribution in [2.75, 3.05) is 0 Å². The molecule has 0 N–H and O–H groups in total. The van der Waals surface area contributed by atoms with Gasteiger partial charge in [-0.3, -0.25) is 0 Å². The van der Waals surface area contributed by atoms with E-state index in [-0.39, 0.29) is 18.2 Å². The molecule has 0 saturated carbocycles. The van der Waals surface area contributed by atoms with Crippen molar-refractivity contribution in [2.24, 2.45) is 0 Å². The van der Waals surface area contributed by atoms with Crippen LogP contribution in [0.25, 0.3) is 11.1 Å². The Labute approximate surface area is 154 Å². The second-order valence-electron chi connectivity index (χ2n) is 5.97. The predicted molar refractivity (Wildman–Crippen MR) is 94.0 cm³/mol. The molecule has 140 valence electrons. The van der Waals surface area contributed by atoms with E-state index >= 15 is 0 Å². The molecular formula is C21H16F4O2. The Hall–Kier alpha value is -3.02. The van der Waals surface area contributed by atoms with Crippen LogP contribution in [-0.4, -0.2) is 6.36 Å². The quantitative estimate of drug-likeness (QED) is 0.488. The summed E-state index contributed by atoms with van der Waals surface area (Å²) >= 11 is 0. The van der Waals surface area contributed by atoms with Crippen LogP contribution >= 0.6 is 0 Å². The number of rotatable bonds is 5. The van der Waals surface area contributed by atoms with Crippen LogP contribution in [0.15, 0.2) is 66.7 Å². The van der Waals surface area contributed by atoms with E-state index in [0.717, 1.165) is 22.3 Å². The van der Waals surface area contributed by atoms with E-state index in [4.69, 9.17) is 4.74 Å². The molecule has 0 amide bonds. The van der Waals surface area contributed by atoms with Gasteiger partial charge in [0.25, 0.3) is 0 Å². The zero-order valence-electron chi connectivity index (χ0n) is 14.4. The molecule has 0 atom stereocenters. The Morgan fingerprint density at radius 3 is 2.26 bits per heavy atom. The van der Waals surface area contributed by atoms with Gasteiger partial charge in [-0.25, -0.2) is 4.39 Å². The third kappa shape index (κ3) is 5.23. The summed E-state index contributed by atoms with van der Waals surface area (Å²) in [6.07, 6.45) is -4.72. The first-order valence-corrected chi connectivity index (χ1v) is 8.14. The van der Waals surface area contributed by atoms with Crippen molar-refractivity contribution in [3.63, 3.8) is 0 Å². The van der Waals surface area contributed by atoms with E-state index in [1.807, 2.05) is 31.2 Å². The fourth-order valence-electron chi connectivity index (χ4n) is 2.64. The molecule has 27 heavy (non-hydrogen) atoms. The molecule has 3 aromatic rings. The van der Waals surface area contributed by atoms with Crippen LogP contribution in [0.4, 0.5) is 17.6 Å². The lowest BCUT2D eigenvalue weighted by molar-refractivity contribution is -0.274. The minimum Gasteiger partial charge on any atom is -0.489 e. The lowest BCUT2D eigenvalue weighted by atomic mass is 9.99.